The molecule has 0 heterocycles. The standard InChI is InChI=1S/C11H13ClO3/c1-7(2)6-15-10-4-3-8(11(13)14)5-9(10)12/h3-5,7H,6H2,1-2H3,(H,13,14). The number of carboxylic acids is 1. The Balaban J connectivity index is 2.79. The van der Waals surface area contributed by atoms with Crippen LogP contribution in [0.25, 0.3) is 0 Å². The molecule has 1 N–H and O–H groups in total. The Hall–Kier alpha value is -1.22. The highest BCUT2D eigenvalue weighted by molar-refractivity contribution is 6.32. The van der Waals surface area contributed by atoms with Crippen molar-refractivity contribution in [3.8, 4) is 5.75 Å². The molecule has 0 aliphatic carbocycles. The van der Waals surface area contributed by atoms with Crippen molar-refractivity contribution in [2.45, 2.75) is 13.8 Å². The summed E-state index contributed by atoms with van der Waals surface area (Å²) in [5.74, 6) is -0.0668. The van der Waals surface area contributed by atoms with Gasteiger partial charge in [-0.15, -0.1) is 0 Å². The zero-order valence-electron chi connectivity index (χ0n) is 8.66. The molecule has 0 saturated heterocycles. The van der Waals surface area contributed by atoms with Crippen LogP contribution in [-0.2, 0) is 0 Å². The van der Waals surface area contributed by atoms with Crippen molar-refractivity contribution in [1.29, 1.82) is 0 Å². The minimum absolute atomic E-state index is 0.164. The molecule has 0 saturated carbocycles. The SMILES string of the molecule is CC(C)COc1ccc(C(=O)O)cc1Cl. The second-order valence-corrected chi connectivity index (χ2v) is 4.06. The van der Waals surface area contributed by atoms with Crippen LogP contribution in [0.1, 0.15) is 24.2 Å². The summed E-state index contributed by atoms with van der Waals surface area (Å²) in [6, 6.07) is 4.44. The topological polar surface area (TPSA) is 46.5 Å². The molecule has 0 radical (unpaired) electrons. The number of aromatic carboxylic acids is 1. The van der Waals surface area contributed by atoms with Crippen LogP contribution < -0.4 is 4.74 Å². The number of carboxylic acid groups (broad SMARTS) is 1. The first-order valence-corrected chi connectivity index (χ1v) is 5.04. The molecule has 0 aliphatic rings. The lowest BCUT2D eigenvalue weighted by Crippen LogP contribution is -2.05. The fourth-order valence-corrected chi connectivity index (χ4v) is 1.24. The number of halogens is 1. The number of benzene rings is 1. The van der Waals surface area contributed by atoms with E-state index in [-0.39, 0.29) is 5.56 Å². The smallest absolute Gasteiger partial charge is 0.335 e. The number of carbonyl (C=O) groups is 1. The van der Waals surface area contributed by atoms with E-state index in [0.29, 0.717) is 23.3 Å². The van der Waals surface area contributed by atoms with Crippen molar-refractivity contribution in [2.75, 3.05) is 6.61 Å². The van der Waals surface area contributed by atoms with Crippen molar-refractivity contribution in [1.82, 2.24) is 0 Å². The van der Waals surface area contributed by atoms with Gasteiger partial charge in [-0.3, -0.25) is 0 Å². The lowest BCUT2D eigenvalue weighted by atomic mass is 10.2. The third kappa shape index (κ3) is 3.44. The van der Waals surface area contributed by atoms with Gasteiger partial charge < -0.3 is 9.84 Å². The number of hydrogen-bond acceptors (Lipinski definition) is 2. The van der Waals surface area contributed by atoms with Crippen LogP contribution in [0.5, 0.6) is 5.75 Å². The normalized spacial score (nSPS) is 10.4. The van der Waals surface area contributed by atoms with E-state index < -0.39 is 5.97 Å². The van der Waals surface area contributed by atoms with Gasteiger partial charge in [-0.05, 0) is 24.1 Å². The van der Waals surface area contributed by atoms with Crippen LogP contribution in [0.3, 0.4) is 0 Å². The summed E-state index contributed by atoms with van der Waals surface area (Å²) in [4.78, 5) is 10.6. The summed E-state index contributed by atoms with van der Waals surface area (Å²) < 4.78 is 5.41. The second kappa shape index (κ2) is 5.03. The quantitative estimate of drug-likeness (QED) is 0.862. The van der Waals surface area contributed by atoms with Gasteiger partial charge >= 0.3 is 5.97 Å². The highest BCUT2D eigenvalue weighted by atomic mass is 35.5. The first-order chi connectivity index (χ1) is 7.00. The van der Waals surface area contributed by atoms with E-state index in [4.69, 9.17) is 21.4 Å². The summed E-state index contributed by atoms with van der Waals surface area (Å²) in [5, 5.41) is 9.05. The number of ether oxygens (including phenoxy) is 1. The highest BCUT2D eigenvalue weighted by Gasteiger charge is 2.08. The number of hydrogen-bond donors (Lipinski definition) is 1. The zero-order valence-corrected chi connectivity index (χ0v) is 9.41. The highest BCUT2D eigenvalue weighted by Crippen LogP contribution is 2.25. The van der Waals surface area contributed by atoms with E-state index in [2.05, 4.69) is 0 Å². The molecular formula is C11H13ClO3. The lowest BCUT2D eigenvalue weighted by Gasteiger charge is -2.10. The van der Waals surface area contributed by atoms with Crippen molar-refractivity contribution in [3.05, 3.63) is 28.8 Å². The number of rotatable bonds is 4. The molecule has 0 amide bonds. The second-order valence-electron chi connectivity index (χ2n) is 3.66. The zero-order chi connectivity index (χ0) is 11.4. The Morgan fingerprint density at radius 2 is 2.20 bits per heavy atom. The summed E-state index contributed by atoms with van der Waals surface area (Å²) >= 11 is 5.87. The Kier molecular flexibility index (Phi) is 3.97. The third-order valence-electron chi connectivity index (χ3n) is 1.75. The molecule has 0 aromatic heterocycles. The fraction of sp³-hybridized carbons (Fsp3) is 0.364. The molecule has 0 atom stereocenters. The molecule has 1 rings (SSSR count). The molecule has 3 nitrogen and oxygen atoms in total. The molecular weight excluding hydrogens is 216 g/mol. The van der Waals surface area contributed by atoms with E-state index in [1.165, 1.54) is 12.1 Å². The maximum atomic E-state index is 10.6. The monoisotopic (exact) mass is 228 g/mol. The van der Waals surface area contributed by atoms with Crippen LogP contribution in [0.2, 0.25) is 5.02 Å². The average Bonchev–Trinajstić information content (AvgIpc) is 2.15. The molecule has 4 heteroatoms. The van der Waals surface area contributed by atoms with Gasteiger partial charge in [0.25, 0.3) is 0 Å². The van der Waals surface area contributed by atoms with Crippen LogP contribution in [0, 0.1) is 5.92 Å². The summed E-state index contributed by atoms with van der Waals surface area (Å²) in [5.41, 5.74) is 0.164. The molecule has 0 spiro atoms. The predicted molar refractivity (Wildman–Crippen MR) is 58.7 cm³/mol. The first kappa shape index (κ1) is 11.9. The molecule has 0 unspecified atom stereocenters. The van der Waals surface area contributed by atoms with Crippen LogP contribution in [0.4, 0.5) is 0 Å². The van der Waals surface area contributed by atoms with Crippen LogP contribution in [-0.4, -0.2) is 17.7 Å². The van der Waals surface area contributed by atoms with Gasteiger partial charge in [0.1, 0.15) is 5.75 Å². The van der Waals surface area contributed by atoms with Gasteiger partial charge in [0.15, 0.2) is 0 Å². The maximum absolute atomic E-state index is 10.6. The fourth-order valence-electron chi connectivity index (χ4n) is 1.01. The minimum atomic E-state index is -0.993. The lowest BCUT2D eigenvalue weighted by molar-refractivity contribution is 0.0697. The van der Waals surface area contributed by atoms with E-state index >= 15 is 0 Å². The van der Waals surface area contributed by atoms with Gasteiger partial charge in [0, 0.05) is 0 Å². The van der Waals surface area contributed by atoms with Crippen LogP contribution >= 0.6 is 11.6 Å². The van der Waals surface area contributed by atoms with Crippen molar-refractivity contribution >= 4 is 17.6 Å². The maximum Gasteiger partial charge on any atom is 0.335 e. The Morgan fingerprint density at radius 3 is 2.67 bits per heavy atom. The van der Waals surface area contributed by atoms with Crippen molar-refractivity contribution < 1.29 is 14.6 Å². The Morgan fingerprint density at radius 1 is 1.53 bits per heavy atom. The largest absolute Gasteiger partial charge is 0.492 e. The summed E-state index contributed by atoms with van der Waals surface area (Å²) in [7, 11) is 0. The van der Waals surface area contributed by atoms with E-state index in [1.807, 2.05) is 13.8 Å². The Bertz CT molecular complexity index is 361. The third-order valence-corrected chi connectivity index (χ3v) is 2.05. The van der Waals surface area contributed by atoms with Gasteiger partial charge in [-0.2, -0.15) is 0 Å². The van der Waals surface area contributed by atoms with Crippen LogP contribution in [0.15, 0.2) is 18.2 Å². The molecule has 82 valence electrons. The van der Waals surface area contributed by atoms with E-state index in [9.17, 15) is 4.79 Å². The molecule has 1 aromatic rings. The molecule has 15 heavy (non-hydrogen) atoms. The molecule has 0 fully saturated rings. The summed E-state index contributed by atoms with van der Waals surface area (Å²) in [6.45, 7) is 4.62. The Labute approximate surface area is 93.6 Å². The molecule has 1 aromatic carbocycles. The van der Waals surface area contributed by atoms with Gasteiger partial charge in [0.05, 0.1) is 17.2 Å². The molecule has 0 aliphatic heterocycles. The first-order valence-electron chi connectivity index (χ1n) is 4.66. The van der Waals surface area contributed by atoms with Gasteiger partial charge in [0.2, 0.25) is 0 Å². The van der Waals surface area contributed by atoms with Gasteiger partial charge in [-0.1, -0.05) is 25.4 Å². The van der Waals surface area contributed by atoms with Gasteiger partial charge in [-0.25, -0.2) is 4.79 Å². The summed E-state index contributed by atoms with van der Waals surface area (Å²) in [6.07, 6.45) is 0. The molecule has 0 bridgehead atoms. The van der Waals surface area contributed by atoms with Crippen molar-refractivity contribution in [2.24, 2.45) is 5.92 Å². The van der Waals surface area contributed by atoms with Crippen molar-refractivity contribution in [3.63, 3.8) is 0 Å². The predicted octanol–water partition coefficient (Wildman–Crippen LogP) is 3.07. The average molecular weight is 229 g/mol. The van der Waals surface area contributed by atoms with E-state index in [1.54, 1.807) is 6.07 Å². The minimum Gasteiger partial charge on any atom is -0.492 e. The van der Waals surface area contributed by atoms with E-state index in [0.717, 1.165) is 0 Å².